The lowest BCUT2D eigenvalue weighted by Crippen LogP contribution is -2.30. The fourth-order valence-electron chi connectivity index (χ4n) is 3.23. The quantitative estimate of drug-likeness (QED) is 0.531. The van der Waals surface area contributed by atoms with Crippen LogP contribution in [-0.2, 0) is 9.53 Å². The molecule has 4 rings (SSSR count). The summed E-state index contributed by atoms with van der Waals surface area (Å²) in [5.41, 5.74) is 7.77. The number of carbonyl (C=O) groups is 1. The number of nitrogens with two attached hydrogens (primary N) is 1. The van der Waals surface area contributed by atoms with Crippen molar-refractivity contribution < 1.29 is 27.8 Å². The average Bonchev–Trinajstić information content (AvgIpc) is 2.74. The predicted octanol–water partition coefficient (Wildman–Crippen LogP) is 4.18. The molecule has 1 aliphatic rings. The number of nitrogen functional groups attached to an aromatic ring is 1. The first kappa shape index (κ1) is 22.3. The molecular formula is C21H21F3N4O3. The Bertz CT molecular complexity index is 1030. The van der Waals surface area contributed by atoms with E-state index >= 15 is 0 Å². The summed E-state index contributed by atoms with van der Waals surface area (Å²) in [5.74, 6) is -1.85. The van der Waals surface area contributed by atoms with Crippen molar-refractivity contribution in [3.8, 4) is 0 Å². The Morgan fingerprint density at radius 1 is 1.23 bits per heavy atom. The van der Waals surface area contributed by atoms with E-state index in [0.29, 0.717) is 6.04 Å². The third-order valence-corrected chi connectivity index (χ3v) is 4.71. The molecule has 10 heteroatoms. The Morgan fingerprint density at radius 2 is 2.00 bits per heavy atom. The van der Waals surface area contributed by atoms with E-state index < -0.39 is 12.1 Å². The van der Waals surface area contributed by atoms with Gasteiger partial charge in [0.2, 0.25) is 0 Å². The molecule has 0 amide bonds. The molecule has 0 aliphatic carbocycles. The van der Waals surface area contributed by atoms with Gasteiger partial charge in [-0.3, -0.25) is 4.98 Å². The summed E-state index contributed by atoms with van der Waals surface area (Å²) in [7, 11) is 0. The number of aromatic nitrogens is 2. The summed E-state index contributed by atoms with van der Waals surface area (Å²) in [6.07, 6.45) is 2.35. The number of hydrogen-bond acceptors (Lipinski definition) is 6. The number of halogens is 3. The number of benzene rings is 1. The summed E-state index contributed by atoms with van der Waals surface area (Å²) in [6, 6.07) is 12.2. The molecule has 3 aromatic rings. The zero-order valence-electron chi connectivity index (χ0n) is 16.3. The van der Waals surface area contributed by atoms with Crippen LogP contribution in [0.5, 0.6) is 0 Å². The van der Waals surface area contributed by atoms with Gasteiger partial charge in [0.15, 0.2) is 0 Å². The van der Waals surface area contributed by atoms with Crippen LogP contribution < -0.4 is 11.1 Å². The standard InChI is InChI=1S/C19H20N4O.C2HF3O2/c20-15-3-4-17-13(10-15)5-8-22-19(17)23-16-6-9-24-18(11-16)14-2-1-7-21-12-14;3-2(4,5)1(6)7/h1-5,7-8,10,12,16,18H,6,9,11,20H2,(H,22,23);(H,6,7)/t16-,18-;/m1./s1. The predicted molar refractivity (Wildman–Crippen MR) is 109 cm³/mol. The number of pyridine rings is 2. The molecule has 2 atom stereocenters. The lowest BCUT2D eigenvalue weighted by molar-refractivity contribution is -0.192. The first-order chi connectivity index (χ1) is 14.7. The van der Waals surface area contributed by atoms with Gasteiger partial charge in [0.1, 0.15) is 5.82 Å². The SMILES string of the molecule is Nc1ccc2c(N[C@@H]3CCO[C@@H](c4cccnc4)C3)nccc2c1.O=C(O)C(F)(F)F. The first-order valence-electron chi connectivity index (χ1n) is 9.46. The molecule has 31 heavy (non-hydrogen) atoms. The highest BCUT2D eigenvalue weighted by molar-refractivity contribution is 5.93. The van der Waals surface area contributed by atoms with Crippen molar-refractivity contribution in [2.75, 3.05) is 17.7 Å². The van der Waals surface area contributed by atoms with Crippen molar-refractivity contribution in [2.24, 2.45) is 0 Å². The van der Waals surface area contributed by atoms with Crippen molar-refractivity contribution in [2.45, 2.75) is 31.2 Å². The fourth-order valence-corrected chi connectivity index (χ4v) is 3.23. The highest BCUT2D eigenvalue weighted by Crippen LogP contribution is 2.31. The van der Waals surface area contributed by atoms with Gasteiger partial charge in [0.25, 0.3) is 0 Å². The van der Waals surface area contributed by atoms with Gasteiger partial charge >= 0.3 is 12.1 Å². The van der Waals surface area contributed by atoms with E-state index in [0.717, 1.165) is 47.3 Å². The van der Waals surface area contributed by atoms with Crippen LogP contribution in [0.25, 0.3) is 10.8 Å². The van der Waals surface area contributed by atoms with Crippen molar-refractivity contribution in [3.63, 3.8) is 0 Å². The average molecular weight is 434 g/mol. The van der Waals surface area contributed by atoms with E-state index in [9.17, 15) is 13.2 Å². The minimum atomic E-state index is -5.08. The number of hydrogen-bond donors (Lipinski definition) is 3. The van der Waals surface area contributed by atoms with Crippen molar-refractivity contribution in [3.05, 3.63) is 60.6 Å². The number of aliphatic carboxylic acids is 1. The van der Waals surface area contributed by atoms with Crippen LogP contribution in [0, 0.1) is 0 Å². The maximum absolute atomic E-state index is 10.6. The number of anilines is 2. The monoisotopic (exact) mass is 434 g/mol. The highest BCUT2D eigenvalue weighted by Gasteiger charge is 2.38. The molecule has 4 N–H and O–H groups in total. The van der Waals surface area contributed by atoms with Crippen molar-refractivity contribution >= 4 is 28.2 Å². The number of nitrogens with one attached hydrogen (secondary N) is 1. The normalized spacial score (nSPS) is 18.7. The Morgan fingerprint density at radius 3 is 2.68 bits per heavy atom. The molecule has 0 radical (unpaired) electrons. The topological polar surface area (TPSA) is 110 Å². The zero-order valence-corrected chi connectivity index (χ0v) is 16.3. The second kappa shape index (κ2) is 9.61. The molecule has 0 bridgehead atoms. The molecule has 0 unspecified atom stereocenters. The van der Waals surface area contributed by atoms with Crippen molar-refractivity contribution in [1.29, 1.82) is 0 Å². The summed E-state index contributed by atoms with van der Waals surface area (Å²) in [6.45, 7) is 0.731. The van der Waals surface area contributed by atoms with E-state index in [2.05, 4.69) is 21.4 Å². The number of alkyl halides is 3. The lowest BCUT2D eigenvalue weighted by atomic mass is 9.98. The summed E-state index contributed by atoms with van der Waals surface area (Å²) in [5, 5.41) is 12.9. The summed E-state index contributed by atoms with van der Waals surface area (Å²) in [4.78, 5) is 17.6. The number of carboxylic acids is 1. The molecule has 1 aromatic carbocycles. The van der Waals surface area contributed by atoms with Gasteiger partial charge in [0, 0.05) is 42.3 Å². The molecule has 0 saturated carbocycles. The van der Waals surface area contributed by atoms with Gasteiger partial charge in [-0.05, 0) is 54.1 Å². The number of nitrogens with zero attached hydrogens (tertiary/aromatic N) is 2. The fraction of sp³-hybridized carbons (Fsp3) is 0.286. The van der Waals surface area contributed by atoms with E-state index in [1.54, 1.807) is 6.20 Å². The van der Waals surface area contributed by atoms with Crippen LogP contribution in [-0.4, -0.2) is 39.9 Å². The molecule has 7 nitrogen and oxygen atoms in total. The maximum atomic E-state index is 10.6. The molecule has 1 fully saturated rings. The Labute approximate surface area is 176 Å². The Hall–Kier alpha value is -3.40. The Balaban J connectivity index is 0.000000339. The number of ether oxygens (including phenoxy) is 1. The highest BCUT2D eigenvalue weighted by atomic mass is 19.4. The number of rotatable bonds is 3. The number of fused-ring (bicyclic) bond motifs is 1. The van der Waals surface area contributed by atoms with Crippen LogP contribution in [0.3, 0.4) is 0 Å². The largest absolute Gasteiger partial charge is 0.490 e. The van der Waals surface area contributed by atoms with Crippen LogP contribution in [0.1, 0.15) is 24.5 Å². The van der Waals surface area contributed by atoms with E-state index in [4.69, 9.17) is 20.4 Å². The van der Waals surface area contributed by atoms with Gasteiger partial charge in [-0.2, -0.15) is 13.2 Å². The summed E-state index contributed by atoms with van der Waals surface area (Å²) >= 11 is 0. The van der Waals surface area contributed by atoms with Gasteiger partial charge in [0.05, 0.1) is 6.10 Å². The minimum absolute atomic E-state index is 0.0792. The van der Waals surface area contributed by atoms with E-state index in [1.807, 2.05) is 42.7 Å². The second-order valence-electron chi connectivity index (χ2n) is 6.95. The van der Waals surface area contributed by atoms with Gasteiger partial charge < -0.3 is 20.9 Å². The summed E-state index contributed by atoms with van der Waals surface area (Å²) < 4.78 is 37.7. The third-order valence-electron chi connectivity index (χ3n) is 4.71. The van der Waals surface area contributed by atoms with Gasteiger partial charge in [-0.1, -0.05) is 6.07 Å². The third kappa shape index (κ3) is 6.05. The lowest BCUT2D eigenvalue weighted by Gasteiger charge is -2.30. The van der Waals surface area contributed by atoms with Crippen molar-refractivity contribution in [1.82, 2.24) is 9.97 Å². The molecule has 164 valence electrons. The second-order valence-corrected chi connectivity index (χ2v) is 6.95. The molecule has 2 aromatic heterocycles. The minimum Gasteiger partial charge on any atom is -0.475 e. The number of carboxylic acid groups (broad SMARTS) is 1. The van der Waals surface area contributed by atoms with Crippen LogP contribution in [0.15, 0.2) is 55.0 Å². The molecule has 3 heterocycles. The van der Waals surface area contributed by atoms with E-state index in [1.165, 1.54) is 0 Å². The molecule has 1 aliphatic heterocycles. The van der Waals surface area contributed by atoms with Crippen LogP contribution in [0.2, 0.25) is 0 Å². The maximum Gasteiger partial charge on any atom is 0.490 e. The molecule has 1 saturated heterocycles. The smallest absolute Gasteiger partial charge is 0.475 e. The zero-order chi connectivity index (χ0) is 22.4. The Kier molecular flexibility index (Phi) is 6.91. The van der Waals surface area contributed by atoms with Crippen LogP contribution in [0.4, 0.5) is 24.7 Å². The van der Waals surface area contributed by atoms with Gasteiger partial charge in [-0.25, -0.2) is 9.78 Å². The van der Waals surface area contributed by atoms with Crippen LogP contribution >= 0.6 is 0 Å². The van der Waals surface area contributed by atoms with E-state index in [-0.39, 0.29) is 6.10 Å². The van der Waals surface area contributed by atoms with Gasteiger partial charge in [-0.15, -0.1) is 0 Å². The molecular weight excluding hydrogens is 413 g/mol. The first-order valence-corrected chi connectivity index (χ1v) is 9.46. The molecule has 0 spiro atoms.